The number of benzene rings is 2. The molecule has 174 valence electrons. The van der Waals surface area contributed by atoms with Gasteiger partial charge in [-0.3, -0.25) is 4.79 Å². The molecule has 0 amide bonds. The molecule has 6 nitrogen and oxygen atoms in total. The van der Waals surface area contributed by atoms with Gasteiger partial charge in [0.2, 0.25) is 5.75 Å². The van der Waals surface area contributed by atoms with Crippen LogP contribution in [0.5, 0.6) is 23.0 Å². The maximum atomic E-state index is 13.1. The largest absolute Gasteiger partial charge is 0.497 e. The minimum Gasteiger partial charge on any atom is -0.497 e. The van der Waals surface area contributed by atoms with E-state index in [0.717, 1.165) is 51.1 Å². The number of hydrogen-bond donors (Lipinski definition) is 0. The summed E-state index contributed by atoms with van der Waals surface area (Å²) in [6, 6.07) is 11.8. The average molecular weight is 579 g/mol. The van der Waals surface area contributed by atoms with Gasteiger partial charge < -0.3 is 23.5 Å². The lowest BCUT2D eigenvalue weighted by Crippen LogP contribution is -2.21. The highest BCUT2D eigenvalue weighted by atomic mass is 79.9. The molecule has 1 aromatic heterocycles. The van der Waals surface area contributed by atoms with Gasteiger partial charge in [-0.25, -0.2) is 0 Å². The van der Waals surface area contributed by atoms with E-state index in [-0.39, 0.29) is 10.6 Å². The van der Waals surface area contributed by atoms with Crippen LogP contribution in [0.25, 0.3) is 11.3 Å². The van der Waals surface area contributed by atoms with Crippen LogP contribution in [0.3, 0.4) is 0 Å². The Morgan fingerprint density at radius 1 is 0.970 bits per heavy atom. The van der Waals surface area contributed by atoms with Gasteiger partial charge in [-0.15, -0.1) is 0 Å². The summed E-state index contributed by atoms with van der Waals surface area (Å²) < 4.78 is 24.9. The van der Waals surface area contributed by atoms with Gasteiger partial charge in [0.05, 0.1) is 49.1 Å². The number of fused-ring (bicyclic) bond motifs is 1. The van der Waals surface area contributed by atoms with Crippen LogP contribution < -0.4 is 18.9 Å². The number of aromatic nitrogens is 1. The summed E-state index contributed by atoms with van der Waals surface area (Å²) in [6.45, 7) is 0.573. The lowest BCUT2D eigenvalue weighted by molar-refractivity contribution is 0.0981. The van der Waals surface area contributed by atoms with Crippen LogP contribution in [0.2, 0.25) is 0 Å². The Morgan fingerprint density at radius 2 is 1.61 bits per heavy atom. The molecule has 1 aliphatic rings. The van der Waals surface area contributed by atoms with Crippen molar-refractivity contribution in [3.05, 3.63) is 57.7 Å². The van der Waals surface area contributed by atoms with E-state index in [0.29, 0.717) is 23.8 Å². The zero-order chi connectivity index (χ0) is 23.7. The van der Waals surface area contributed by atoms with Crippen LogP contribution in [-0.2, 0) is 13.0 Å². The zero-order valence-corrected chi connectivity index (χ0v) is 22.1. The first kappa shape index (κ1) is 23.7. The van der Waals surface area contributed by atoms with E-state index < -0.39 is 0 Å². The average Bonchev–Trinajstić information content (AvgIpc) is 3.12. The SMILES string of the molecule is COc1ccc(Cn2c(Br)c3c(c2-c2cc(OC)c(OC)c(OC)c2)CCC(Br)C3=O)cc1. The summed E-state index contributed by atoms with van der Waals surface area (Å²) in [5.74, 6) is 2.54. The van der Waals surface area contributed by atoms with E-state index in [1.165, 1.54) is 0 Å². The van der Waals surface area contributed by atoms with Crippen molar-refractivity contribution in [2.24, 2.45) is 0 Å². The van der Waals surface area contributed by atoms with Crippen LogP contribution in [-0.4, -0.2) is 43.6 Å². The fraction of sp³-hybridized carbons (Fsp3) is 0.320. The third-order valence-electron chi connectivity index (χ3n) is 5.92. The molecular formula is C25H25Br2NO5. The number of halogens is 2. The van der Waals surface area contributed by atoms with Gasteiger partial charge >= 0.3 is 0 Å². The summed E-state index contributed by atoms with van der Waals surface area (Å²) in [6.07, 6.45) is 1.51. The van der Waals surface area contributed by atoms with Gasteiger partial charge in [0, 0.05) is 12.1 Å². The summed E-state index contributed by atoms with van der Waals surface area (Å²) in [4.78, 5) is 13.0. The number of methoxy groups -OCH3 is 4. The highest BCUT2D eigenvalue weighted by molar-refractivity contribution is 9.10. The monoisotopic (exact) mass is 577 g/mol. The Labute approximate surface area is 210 Å². The molecule has 4 rings (SSSR count). The molecule has 0 saturated carbocycles. The normalized spacial score (nSPS) is 15.2. The van der Waals surface area contributed by atoms with Crippen molar-refractivity contribution >= 4 is 37.6 Å². The molecule has 0 bridgehead atoms. The van der Waals surface area contributed by atoms with Crippen LogP contribution in [0.15, 0.2) is 41.0 Å². The van der Waals surface area contributed by atoms with Crippen molar-refractivity contribution in [1.82, 2.24) is 4.57 Å². The van der Waals surface area contributed by atoms with E-state index in [1.54, 1.807) is 28.4 Å². The molecular weight excluding hydrogens is 554 g/mol. The number of carbonyl (C=O) groups excluding carboxylic acids is 1. The van der Waals surface area contributed by atoms with E-state index >= 15 is 0 Å². The number of rotatable bonds is 7. The first-order valence-corrected chi connectivity index (χ1v) is 12.2. The molecule has 0 aliphatic heterocycles. The quantitative estimate of drug-likeness (QED) is 0.327. The Bertz CT molecular complexity index is 1160. The lowest BCUT2D eigenvalue weighted by Gasteiger charge is -2.19. The maximum absolute atomic E-state index is 13.1. The van der Waals surface area contributed by atoms with Gasteiger partial charge in [0.15, 0.2) is 17.3 Å². The van der Waals surface area contributed by atoms with Crippen LogP contribution in [0.4, 0.5) is 0 Å². The Hall–Kier alpha value is -2.45. The first-order valence-electron chi connectivity index (χ1n) is 10.5. The number of alkyl halides is 1. The van der Waals surface area contributed by atoms with Crippen LogP contribution in [0, 0.1) is 0 Å². The van der Waals surface area contributed by atoms with Gasteiger partial charge in [0.25, 0.3) is 0 Å². The summed E-state index contributed by atoms with van der Waals surface area (Å²) in [7, 11) is 6.43. The molecule has 3 aromatic rings. The van der Waals surface area contributed by atoms with Crippen molar-refractivity contribution in [3.8, 4) is 34.3 Å². The fourth-order valence-corrected chi connectivity index (χ4v) is 5.50. The highest BCUT2D eigenvalue weighted by Crippen LogP contribution is 2.46. The van der Waals surface area contributed by atoms with Gasteiger partial charge in [-0.05, 0) is 64.2 Å². The Balaban J connectivity index is 1.94. The smallest absolute Gasteiger partial charge is 0.203 e. The zero-order valence-electron chi connectivity index (χ0n) is 18.9. The topological polar surface area (TPSA) is 58.9 Å². The number of nitrogens with zero attached hydrogens (tertiary/aromatic N) is 1. The molecule has 1 aliphatic carbocycles. The predicted octanol–water partition coefficient (Wildman–Crippen LogP) is 5.89. The van der Waals surface area contributed by atoms with E-state index in [9.17, 15) is 4.79 Å². The lowest BCUT2D eigenvalue weighted by atomic mass is 9.90. The number of Topliss-reactive ketones (excluding diaryl/α,β-unsaturated/α-hetero) is 1. The second-order valence-electron chi connectivity index (χ2n) is 7.71. The van der Waals surface area contributed by atoms with E-state index in [4.69, 9.17) is 18.9 Å². The van der Waals surface area contributed by atoms with Crippen molar-refractivity contribution in [2.75, 3.05) is 28.4 Å². The Morgan fingerprint density at radius 3 is 2.15 bits per heavy atom. The van der Waals surface area contributed by atoms with Gasteiger partial charge in [0.1, 0.15) is 5.75 Å². The maximum Gasteiger partial charge on any atom is 0.203 e. The molecule has 1 heterocycles. The number of ether oxygens (including phenoxy) is 4. The van der Waals surface area contributed by atoms with Gasteiger partial charge in [-0.1, -0.05) is 28.1 Å². The molecule has 1 atom stereocenters. The molecule has 0 radical (unpaired) electrons. The van der Waals surface area contributed by atoms with Crippen molar-refractivity contribution in [1.29, 1.82) is 0 Å². The molecule has 1 unspecified atom stereocenters. The minimum atomic E-state index is -0.189. The highest BCUT2D eigenvalue weighted by Gasteiger charge is 2.34. The van der Waals surface area contributed by atoms with E-state index in [2.05, 4.69) is 36.4 Å². The second kappa shape index (κ2) is 9.81. The number of carbonyl (C=O) groups is 1. The van der Waals surface area contributed by atoms with Crippen LogP contribution in [0.1, 0.15) is 27.9 Å². The molecule has 0 saturated heterocycles. The van der Waals surface area contributed by atoms with Crippen molar-refractivity contribution in [2.45, 2.75) is 24.2 Å². The third-order valence-corrected chi connectivity index (χ3v) is 7.62. The molecule has 33 heavy (non-hydrogen) atoms. The van der Waals surface area contributed by atoms with Crippen LogP contribution >= 0.6 is 31.9 Å². The number of ketones is 1. The predicted molar refractivity (Wildman–Crippen MR) is 135 cm³/mol. The van der Waals surface area contributed by atoms with Crippen molar-refractivity contribution in [3.63, 3.8) is 0 Å². The first-order chi connectivity index (χ1) is 15.9. The Kier molecular flexibility index (Phi) is 7.05. The summed E-state index contributed by atoms with van der Waals surface area (Å²) >= 11 is 7.29. The fourth-order valence-electron chi connectivity index (χ4n) is 4.30. The molecule has 8 heteroatoms. The molecule has 0 fully saturated rings. The third kappa shape index (κ3) is 4.26. The van der Waals surface area contributed by atoms with Gasteiger partial charge in [-0.2, -0.15) is 0 Å². The molecule has 0 N–H and O–H groups in total. The minimum absolute atomic E-state index is 0.0882. The summed E-state index contributed by atoms with van der Waals surface area (Å²) in [5.41, 5.74) is 4.67. The van der Waals surface area contributed by atoms with Crippen molar-refractivity contribution < 1.29 is 23.7 Å². The van der Waals surface area contributed by atoms with E-state index in [1.807, 2.05) is 36.4 Å². The summed E-state index contributed by atoms with van der Waals surface area (Å²) in [5, 5.41) is 0. The standard InChI is InChI=1S/C25H25Br2NO5/c1-30-16-7-5-14(6-8-16)13-28-22(17-9-10-18(26)23(29)21(17)25(28)27)15-11-19(31-2)24(33-4)20(12-15)32-3/h5-8,11-12,18H,9-10,13H2,1-4H3. The molecule has 2 aromatic carbocycles. The second-order valence-corrected chi connectivity index (χ2v) is 9.57. The number of hydrogen-bond acceptors (Lipinski definition) is 5. The molecule has 0 spiro atoms.